The number of fused-ring (bicyclic) bond motifs is 5. The van der Waals surface area contributed by atoms with Crippen LogP contribution >= 0.6 is 0 Å². The van der Waals surface area contributed by atoms with Gasteiger partial charge in [0.2, 0.25) is 0 Å². The van der Waals surface area contributed by atoms with Crippen molar-refractivity contribution in [3.8, 4) is 0 Å². The first-order chi connectivity index (χ1) is 18.0. The van der Waals surface area contributed by atoms with Gasteiger partial charge in [-0.2, -0.15) is 0 Å². The predicted molar refractivity (Wildman–Crippen MR) is 134 cm³/mol. The lowest BCUT2D eigenvalue weighted by atomic mass is 9.43. The summed E-state index contributed by atoms with van der Waals surface area (Å²) in [5.41, 5.74) is 0.141. The molecule has 0 bridgehead atoms. The highest BCUT2D eigenvalue weighted by Crippen LogP contribution is 2.70. The van der Waals surface area contributed by atoms with Gasteiger partial charge in [0.1, 0.15) is 31.0 Å². The van der Waals surface area contributed by atoms with Crippen molar-refractivity contribution in [3.63, 3.8) is 0 Å². The highest BCUT2D eigenvalue weighted by molar-refractivity contribution is 5.85. The summed E-state index contributed by atoms with van der Waals surface area (Å²) in [4.78, 5) is 11.8. The van der Waals surface area contributed by atoms with Gasteiger partial charge < -0.3 is 39.7 Å². The second-order valence-corrected chi connectivity index (χ2v) is 13.5. The molecule has 38 heavy (non-hydrogen) atoms. The van der Waals surface area contributed by atoms with Crippen LogP contribution in [0.15, 0.2) is 11.6 Å². The maximum Gasteiger partial charge on any atom is 0.331 e. The lowest BCUT2D eigenvalue weighted by molar-refractivity contribution is -0.317. The SMILES string of the molecule is C[C@]12CC[C@H](O[C@@H]3O[C@@H](CO)[C@H](O)[C@H](O)[C@@H]3O)CC1CC[C@@H]1[C@@H]2CC[C@]2(C)[C@@H](C3=CC(=O)OC3)CC[C@@]12O. The Balaban J connectivity index is 1.15. The van der Waals surface area contributed by atoms with Gasteiger partial charge in [-0.25, -0.2) is 4.79 Å². The number of esters is 1. The molecule has 0 aromatic rings. The summed E-state index contributed by atoms with van der Waals surface area (Å²) in [7, 11) is 0. The van der Waals surface area contributed by atoms with E-state index in [0.29, 0.717) is 18.4 Å². The Labute approximate surface area is 224 Å². The van der Waals surface area contributed by atoms with Crippen LogP contribution in [0, 0.1) is 34.5 Å². The van der Waals surface area contributed by atoms with Crippen molar-refractivity contribution >= 4 is 5.97 Å². The van der Waals surface area contributed by atoms with E-state index >= 15 is 0 Å². The van der Waals surface area contributed by atoms with E-state index in [4.69, 9.17) is 14.2 Å². The zero-order chi connectivity index (χ0) is 27.0. The molecule has 1 saturated heterocycles. The van der Waals surface area contributed by atoms with E-state index in [0.717, 1.165) is 63.4 Å². The monoisotopic (exact) mass is 536 g/mol. The van der Waals surface area contributed by atoms with E-state index in [-0.39, 0.29) is 34.7 Å². The van der Waals surface area contributed by atoms with Gasteiger partial charge in [-0.05, 0) is 92.4 Å². The summed E-state index contributed by atoms with van der Waals surface area (Å²) in [6, 6.07) is 0. The van der Waals surface area contributed by atoms with Crippen molar-refractivity contribution in [1.82, 2.24) is 0 Å². The van der Waals surface area contributed by atoms with E-state index in [9.17, 15) is 30.3 Å². The Kier molecular flexibility index (Phi) is 6.78. The minimum Gasteiger partial charge on any atom is -0.458 e. The molecule has 5 N–H and O–H groups in total. The third kappa shape index (κ3) is 3.87. The van der Waals surface area contributed by atoms with Crippen LogP contribution in [0.2, 0.25) is 0 Å². The van der Waals surface area contributed by atoms with Crippen molar-refractivity contribution < 1.29 is 44.5 Å². The Morgan fingerprint density at radius 2 is 1.76 bits per heavy atom. The average Bonchev–Trinajstić information content (AvgIpc) is 3.44. The fraction of sp³-hybridized carbons (Fsp3) is 0.897. The van der Waals surface area contributed by atoms with Gasteiger partial charge in [0, 0.05) is 11.5 Å². The molecule has 0 amide bonds. The van der Waals surface area contributed by atoms with Gasteiger partial charge >= 0.3 is 5.97 Å². The average molecular weight is 537 g/mol. The first kappa shape index (κ1) is 27.1. The lowest BCUT2D eigenvalue weighted by Crippen LogP contribution is -2.63. The number of carbonyl (C=O) groups is 1. The van der Waals surface area contributed by atoms with Crippen LogP contribution in [0.4, 0.5) is 0 Å². The minimum absolute atomic E-state index is 0.0823. The van der Waals surface area contributed by atoms with Crippen LogP contribution < -0.4 is 0 Å². The van der Waals surface area contributed by atoms with Crippen LogP contribution in [0.3, 0.4) is 0 Å². The van der Waals surface area contributed by atoms with E-state index in [1.807, 2.05) is 0 Å². The summed E-state index contributed by atoms with van der Waals surface area (Å²) in [5.74, 6) is 0.994. The summed E-state index contributed by atoms with van der Waals surface area (Å²) in [6.07, 6.45) is 3.41. The van der Waals surface area contributed by atoms with Gasteiger partial charge in [-0.3, -0.25) is 0 Å². The number of rotatable bonds is 4. The highest BCUT2D eigenvalue weighted by Gasteiger charge is 2.67. The molecule has 5 fully saturated rings. The zero-order valence-electron chi connectivity index (χ0n) is 22.5. The summed E-state index contributed by atoms with van der Waals surface area (Å²) >= 11 is 0. The number of carbonyl (C=O) groups excluding carboxylic acids is 1. The summed E-state index contributed by atoms with van der Waals surface area (Å²) in [5, 5.41) is 52.6. The Bertz CT molecular complexity index is 968. The number of aliphatic hydroxyl groups excluding tert-OH is 4. The van der Waals surface area contributed by atoms with Crippen molar-refractivity contribution in [2.75, 3.05) is 13.2 Å². The number of hydrogen-bond donors (Lipinski definition) is 5. The summed E-state index contributed by atoms with van der Waals surface area (Å²) in [6.45, 7) is 4.52. The van der Waals surface area contributed by atoms with Crippen LogP contribution in [0.1, 0.15) is 71.6 Å². The number of ether oxygens (including phenoxy) is 3. The predicted octanol–water partition coefficient (Wildman–Crippen LogP) is 1.43. The van der Waals surface area contributed by atoms with Gasteiger partial charge in [0.05, 0.1) is 18.3 Å². The molecular formula is C29H44O9. The number of aliphatic hydroxyl groups is 5. The fourth-order valence-electron chi connectivity index (χ4n) is 9.86. The molecule has 9 heteroatoms. The molecule has 0 radical (unpaired) electrons. The number of cyclic esters (lactones) is 1. The molecule has 214 valence electrons. The smallest absolute Gasteiger partial charge is 0.331 e. The number of hydrogen-bond acceptors (Lipinski definition) is 9. The molecule has 0 spiro atoms. The molecule has 2 heterocycles. The van der Waals surface area contributed by atoms with Crippen LogP contribution in [0.5, 0.6) is 0 Å². The van der Waals surface area contributed by atoms with Crippen molar-refractivity contribution in [1.29, 1.82) is 0 Å². The molecular weight excluding hydrogens is 492 g/mol. The molecule has 4 aliphatic carbocycles. The Morgan fingerprint density at radius 3 is 2.47 bits per heavy atom. The van der Waals surface area contributed by atoms with Crippen LogP contribution in [0.25, 0.3) is 0 Å². The summed E-state index contributed by atoms with van der Waals surface area (Å²) < 4.78 is 17.0. The maximum atomic E-state index is 12.4. The molecule has 9 nitrogen and oxygen atoms in total. The molecule has 13 atom stereocenters. The minimum atomic E-state index is -1.44. The highest BCUT2D eigenvalue weighted by atomic mass is 16.7. The standard InChI is InChI=1S/C29H44O9/c1-27-8-5-17(37-26-25(34)24(33)23(32)21(13-30)38-26)12-16(27)3-4-20-19(27)6-9-28(2)18(7-10-29(20,28)35)15-11-22(31)36-14-15/h11,16-21,23-26,30,32-35H,3-10,12-14H2,1-2H3/t16?,17-,18+,19-,20+,21-,23-,24-,25-,26+,27-,28+,29+/m0/s1. The molecule has 1 unspecified atom stereocenters. The third-order valence-electron chi connectivity index (χ3n) is 12.1. The molecule has 0 aromatic heterocycles. The maximum absolute atomic E-state index is 12.4. The van der Waals surface area contributed by atoms with Crippen LogP contribution in [-0.4, -0.2) is 87.1 Å². The topological polar surface area (TPSA) is 146 Å². The van der Waals surface area contributed by atoms with E-state index in [2.05, 4.69) is 13.8 Å². The molecule has 6 rings (SSSR count). The fourth-order valence-corrected chi connectivity index (χ4v) is 9.86. The van der Waals surface area contributed by atoms with E-state index in [1.165, 1.54) is 0 Å². The second kappa shape index (κ2) is 9.50. The van der Waals surface area contributed by atoms with Gasteiger partial charge in [-0.1, -0.05) is 13.8 Å². The quantitative estimate of drug-likeness (QED) is 0.266. The van der Waals surface area contributed by atoms with Crippen LogP contribution in [-0.2, 0) is 19.0 Å². The van der Waals surface area contributed by atoms with Crippen molar-refractivity contribution in [3.05, 3.63) is 11.6 Å². The third-order valence-corrected chi connectivity index (χ3v) is 12.1. The normalized spacial score (nSPS) is 54.5. The Hall–Kier alpha value is -1.07. The first-order valence-corrected chi connectivity index (χ1v) is 14.6. The molecule has 4 saturated carbocycles. The van der Waals surface area contributed by atoms with Gasteiger partial charge in [0.15, 0.2) is 6.29 Å². The molecule has 0 aromatic carbocycles. The zero-order valence-corrected chi connectivity index (χ0v) is 22.5. The van der Waals surface area contributed by atoms with E-state index < -0.39 is 42.9 Å². The lowest BCUT2D eigenvalue weighted by Gasteiger charge is -2.64. The molecule has 6 aliphatic rings. The largest absolute Gasteiger partial charge is 0.458 e. The van der Waals surface area contributed by atoms with Crippen molar-refractivity contribution in [2.45, 2.75) is 114 Å². The Morgan fingerprint density at radius 1 is 0.974 bits per heavy atom. The van der Waals surface area contributed by atoms with E-state index in [1.54, 1.807) is 6.08 Å². The molecule has 2 aliphatic heterocycles. The second-order valence-electron chi connectivity index (χ2n) is 13.5. The van der Waals surface area contributed by atoms with Gasteiger partial charge in [0.25, 0.3) is 0 Å². The first-order valence-electron chi connectivity index (χ1n) is 14.6. The van der Waals surface area contributed by atoms with Gasteiger partial charge in [-0.15, -0.1) is 0 Å². The van der Waals surface area contributed by atoms with Crippen molar-refractivity contribution in [2.24, 2.45) is 34.5 Å².